The number of rotatable bonds is 7. The second-order valence-corrected chi connectivity index (χ2v) is 9.79. The Bertz CT molecular complexity index is 809. The van der Waals surface area contributed by atoms with Gasteiger partial charge in [0.05, 0.1) is 5.70 Å². The molecule has 0 aromatic heterocycles. The molecule has 5 nitrogen and oxygen atoms in total. The van der Waals surface area contributed by atoms with Gasteiger partial charge < -0.3 is 10.2 Å². The zero-order valence-corrected chi connectivity index (χ0v) is 19.9. The first-order chi connectivity index (χ1) is 14.1. The maximum Gasteiger partial charge on any atom is 0.243 e. The van der Waals surface area contributed by atoms with Crippen LogP contribution in [0.4, 0.5) is 0 Å². The van der Waals surface area contributed by atoms with Crippen molar-refractivity contribution in [3.05, 3.63) is 41.1 Å². The van der Waals surface area contributed by atoms with Gasteiger partial charge in [-0.25, -0.2) is 0 Å². The molecule has 164 valence electrons. The van der Waals surface area contributed by atoms with Gasteiger partial charge in [-0.2, -0.15) is 0 Å². The van der Waals surface area contributed by atoms with Crippen molar-refractivity contribution in [1.29, 1.82) is 0 Å². The Labute approximate surface area is 185 Å². The smallest absolute Gasteiger partial charge is 0.243 e. The van der Waals surface area contributed by atoms with E-state index in [0.29, 0.717) is 13.1 Å². The molecule has 30 heavy (non-hydrogen) atoms. The average molecular weight is 430 g/mol. The lowest BCUT2D eigenvalue weighted by Crippen LogP contribution is -2.49. The number of allylic oxidation sites excluding steroid dienone is 1. The predicted octanol–water partition coefficient (Wildman–Crippen LogP) is 4.73. The van der Waals surface area contributed by atoms with E-state index in [1.165, 1.54) is 0 Å². The van der Waals surface area contributed by atoms with E-state index >= 15 is 0 Å². The van der Waals surface area contributed by atoms with Gasteiger partial charge in [0.25, 0.3) is 0 Å². The quantitative estimate of drug-likeness (QED) is 0.638. The molecule has 0 aliphatic carbocycles. The average Bonchev–Trinajstić information content (AvgIpc) is 3.21. The van der Waals surface area contributed by atoms with Crippen molar-refractivity contribution >= 4 is 35.2 Å². The number of aliphatic imine (C=N–C) groups is 1. The summed E-state index contributed by atoms with van der Waals surface area (Å²) in [5, 5.41) is 3.02. The molecule has 1 aliphatic rings. The molecule has 1 saturated heterocycles. The third-order valence-electron chi connectivity index (χ3n) is 5.96. The highest BCUT2D eigenvalue weighted by molar-refractivity contribution is 8.07. The van der Waals surface area contributed by atoms with Gasteiger partial charge in [0.15, 0.2) is 0 Å². The summed E-state index contributed by atoms with van der Waals surface area (Å²) >= 11 is 1.64. The first kappa shape index (κ1) is 24.2. The fourth-order valence-electron chi connectivity index (χ4n) is 3.55. The number of nitrogens with zero attached hydrogens (tertiary/aromatic N) is 2. The van der Waals surface area contributed by atoms with Gasteiger partial charge in [0.2, 0.25) is 11.8 Å². The summed E-state index contributed by atoms with van der Waals surface area (Å²) in [6.45, 7) is 14.8. The lowest BCUT2D eigenvalue weighted by molar-refractivity contribution is -0.143. The summed E-state index contributed by atoms with van der Waals surface area (Å²) in [7, 11) is 0. The van der Waals surface area contributed by atoms with Gasteiger partial charge in [0, 0.05) is 23.9 Å². The van der Waals surface area contributed by atoms with Gasteiger partial charge in [-0.1, -0.05) is 52.0 Å². The van der Waals surface area contributed by atoms with Crippen LogP contribution in [0, 0.1) is 11.3 Å². The van der Waals surface area contributed by atoms with Gasteiger partial charge in [0.1, 0.15) is 6.04 Å². The van der Waals surface area contributed by atoms with Gasteiger partial charge in [-0.05, 0) is 49.3 Å². The Balaban J connectivity index is 2.01. The van der Waals surface area contributed by atoms with Crippen molar-refractivity contribution in [2.45, 2.75) is 60.0 Å². The number of nitrogens with one attached hydrogen (secondary N) is 1. The highest BCUT2D eigenvalue weighted by atomic mass is 32.2. The standard InChI is InChI=1S/C24H35N3O2S/c1-16(24(3,4)5)23(29)27-14-8-9-20(27)22(28)26-15-18-10-12-19(13-11-18)21(30-7)17(2)25-6/h10-13,16,20H,6,8-9,14-15H2,1-5,7H3,(H,26,28)/b21-17-. The second kappa shape index (κ2) is 10.3. The summed E-state index contributed by atoms with van der Waals surface area (Å²) in [5.41, 5.74) is 2.90. The molecule has 0 bridgehead atoms. The monoisotopic (exact) mass is 429 g/mol. The highest BCUT2D eigenvalue weighted by Gasteiger charge is 2.38. The van der Waals surface area contributed by atoms with E-state index in [0.717, 1.165) is 34.6 Å². The molecule has 1 N–H and O–H groups in total. The Morgan fingerprint density at radius 2 is 1.93 bits per heavy atom. The summed E-state index contributed by atoms with van der Waals surface area (Å²) in [4.78, 5) is 32.6. The van der Waals surface area contributed by atoms with E-state index in [1.54, 1.807) is 16.7 Å². The molecule has 1 aliphatic heterocycles. The molecule has 1 aromatic carbocycles. The molecule has 0 radical (unpaired) electrons. The Morgan fingerprint density at radius 1 is 1.30 bits per heavy atom. The SMILES string of the molecule is C=N/C(C)=C(\SC)c1ccc(CNC(=O)C2CCCN2C(=O)C(C)C(C)(C)C)cc1. The Morgan fingerprint density at radius 3 is 2.47 bits per heavy atom. The highest BCUT2D eigenvalue weighted by Crippen LogP contribution is 2.31. The van der Waals surface area contributed by atoms with Crippen molar-refractivity contribution < 1.29 is 9.59 Å². The number of benzene rings is 1. The third kappa shape index (κ3) is 5.75. The van der Waals surface area contributed by atoms with Crippen LogP contribution in [0.5, 0.6) is 0 Å². The van der Waals surface area contributed by atoms with E-state index in [-0.39, 0.29) is 29.2 Å². The van der Waals surface area contributed by atoms with Gasteiger partial charge in [-0.3, -0.25) is 14.6 Å². The fraction of sp³-hybridized carbons (Fsp3) is 0.542. The Kier molecular flexibility index (Phi) is 8.30. The van der Waals surface area contributed by atoms with Crippen LogP contribution in [0.3, 0.4) is 0 Å². The van der Waals surface area contributed by atoms with Crippen molar-refractivity contribution in [3.8, 4) is 0 Å². The molecule has 0 spiro atoms. The first-order valence-electron chi connectivity index (χ1n) is 10.5. The van der Waals surface area contributed by atoms with Crippen LogP contribution < -0.4 is 5.32 Å². The molecule has 2 amide bonds. The molecule has 0 saturated carbocycles. The molecule has 1 aromatic rings. The topological polar surface area (TPSA) is 61.8 Å². The molecule has 1 heterocycles. The molecule has 1 fully saturated rings. The number of thioether (sulfide) groups is 1. The van der Waals surface area contributed by atoms with Crippen LogP contribution in [-0.2, 0) is 16.1 Å². The van der Waals surface area contributed by atoms with Crippen molar-refractivity contribution in [2.24, 2.45) is 16.3 Å². The third-order valence-corrected chi connectivity index (χ3v) is 6.90. The second-order valence-electron chi connectivity index (χ2n) is 8.97. The predicted molar refractivity (Wildman–Crippen MR) is 127 cm³/mol. The molecule has 6 heteroatoms. The maximum atomic E-state index is 12.9. The maximum absolute atomic E-state index is 12.9. The minimum Gasteiger partial charge on any atom is -0.350 e. The number of hydrogen-bond donors (Lipinski definition) is 1. The zero-order valence-electron chi connectivity index (χ0n) is 19.1. The summed E-state index contributed by atoms with van der Waals surface area (Å²) in [6.07, 6.45) is 3.62. The number of hydrogen-bond acceptors (Lipinski definition) is 4. The lowest BCUT2D eigenvalue weighted by atomic mass is 9.81. The number of carbonyl (C=O) groups excluding carboxylic acids is 2. The minimum absolute atomic E-state index is 0.0672. The number of amides is 2. The summed E-state index contributed by atoms with van der Waals surface area (Å²) < 4.78 is 0. The molecule has 2 rings (SSSR count). The van der Waals surface area contributed by atoms with Crippen LogP contribution in [0.25, 0.3) is 4.91 Å². The summed E-state index contributed by atoms with van der Waals surface area (Å²) in [5.74, 6) is -0.111. The van der Waals surface area contributed by atoms with Crippen LogP contribution in [-0.4, -0.2) is 42.3 Å². The van der Waals surface area contributed by atoms with Crippen molar-refractivity contribution in [2.75, 3.05) is 12.8 Å². The van der Waals surface area contributed by atoms with E-state index in [1.807, 2.05) is 44.4 Å². The Hall–Kier alpha value is -2.08. The zero-order chi connectivity index (χ0) is 22.5. The fourth-order valence-corrected chi connectivity index (χ4v) is 4.28. The molecular formula is C24H35N3O2S. The van der Waals surface area contributed by atoms with Crippen LogP contribution in [0.2, 0.25) is 0 Å². The summed E-state index contributed by atoms with van der Waals surface area (Å²) in [6, 6.07) is 7.74. The number of likely N-dealkylation sites (tertiary alicyclic amines) is 1. The van der Waals surface area contributed by atoms with Gasteiger partial charge >= 0.3 is 0 Å². The lowest BCUT2D eigenvalue weighted by Gasteiger charge is -2.32. The first-order valence-corrected chi connectivity index (χ1v) is 11.7. The number of carbonyl (C=O) groups is 2. The van der Waals surface area contributed by atoms with Crippen molar-refractivity contribution in [3.63, 3.8) is 0 Å². The van der Waals surface area contributed by atoms with Crippen LogP contribution >= 0.6 is 11.8 Å². The molecule has 2 unspecified atom stereocenters. The van der Waals surface area contributed by atoms with Crippen LogP contribution in [0.1, 0.15) is 58.6 Å². The van der Waals surface area contributed by atoms with E-state index < -0.39 is 0 Å². The van der Waals surface area contributed by atoms with E-state index in [2.05, 4.69) is 37.8 Å². The van der Waals surface area contributed by atoms with E-state index in [9.17, 15) is 9.59 Å². The van der Waals surface area contributed by atoms with E-state index in [4.69, 9.17) is 0 Å². The molecular weight excluding hydrogens is 394 g/mol. The van der Waals surface area contributed by atoms with Crippen LogP contribution in [0.15, 0.2) is 35.0 Å². The van der Waals surface area contributed by atoms with Crippen molar-refractivity contribution in [1.82, 2.24) is 10.2 Å². The largest absolute Gasteiger partial charge is 0.350 e. The molecule has 2 atom stereocenters. The van der Waals surface area contributed by atoms with Gasteiger partial charge in [-0.15, -0.1) is 11.8 Å². The normalized spacial score (nSPS) is 18.6. The minimum atomic E-state index is -0.367.